The summed E-state index contributed by atoms with van der Waals surface area (Å²) in [4.78, 5) is 4.73. The van der Waals surface area contributed by atoms with Gasteiger partial charge in [0.05, 0.1) is 15.2 Å². The third-order valence-electron chi connectivity index (χ3n) is 3.64. The van der Waals surface area contributed by atoms with E-state index < -0.39 is 0 Å². The summed E-state index contributed by atoms with van der Waals surface area (Å²) in [7, 11) is 0. The lowest BCUT2D eigenvalue weighted by molar-refractivity contribution is 0.515. The second-order valence-electron chi connectivity index (χ2n) is 5.13. The van der Waals surface area contributed by atoms with Crippen molar-refractivity contribution in [1.82, 2.24) is 10.3 Å². The zero-order chi connectivity index (χ0) is 14.5. The molecule has 2 aromatic carbocycles. The number of para-hydroxylation sites is 1. The minimum atomic E-state index is 0.406. The van der Waals surface area contributed by atoms with E-state index in [0.717, 1.165) is 24.9 Å². The summed E-state index contributed by atoms with van der Waals surface area (Å²) in [5.41, 5.74) is 2.48. The lowest BCUT2D eigenvalue weighted by Gasteiger charge is -2.17. The van der Waals surface area contributed by atoms with E-state index in [1.165, 1.54) is 15.3 Å². The Kier molecular flexibility index (Phi) is 4.63. The largest absolute Gasteiger partial charge is 0.310 e. The van der Waals surface area contributed by atoms with Crippen LogP contribution in [-0.2, 0) is 6.42 Å². The Hall–Kier alpha value is -1.71. The SMILES string of the molecule is CCNC(CCc1nc2ccccc2s1)c1ccccc1. The first kappa shape index (κ1) is 14.2. The molecule has 2 nitrogen and oxygen atoms in total. The summed E-state index contributed by atoms with van der Waals surface area (Å²) in [5, 5.41) is 4.81. The lowest BCUT2D eigenvalue weighted by Crippen LogP contribution is -2.21. The minimum Gasteiger partial charge on any atom is -0.310 e. The molecule has 0 aliphatic rings. The molecule has 0 radical (unpaired) electrons. The van der Waals surface area contributed by atoms with Crippen LogP contribution in [0.2, 0.25) is 0 Å². The predicted octanol–water partition coefficient (Wildman–Crippen LogP) is 4.58. The molecule has 0 aliphatic carbocycles. The van der Waals surface area contributed by atoms with Crippen LogP contribution in [0.15, 0.2) is 54.6 Å². The molecule has 1 N–H and O–H groups in total. The fourth-order valence-electron chi connectivity index (χ4n) is 2.61. The quantitative estimate of drug-likeness (QED) is 0.720. The van der Waals surface area contributed by atoms with Gasteiger partial charge in [0.1, 0.15) is 0 Å². The summed E-state index contributed by atoms with van der Waals surface area (Å²) in [6.45, 7) is 3.15. The van der Waals surface area contributed by atoms with Gasteiger partial charge in [-0.1, -0.05) is 49.4 Å². The van der Waals surface area contributed by atoms with Crippen LogP contribution in [0.1, 0.15) is 30.0 Å². The molecule has 1 atom stereocenters. The molecule has 0 aliphatic heterocycles. The van der Waals surface area contributed by atoms with Gasteiger partial charge in [0.25, 0.3) is 0 Å². The van der Waals surface area contributed by atoms with Gasteiger partial charge < -0.3 is 5.32 Å². The molecule has 1 heterocycles. The van der Waals surface area contributed by atoms with Crippen molar-refractivity contribution < 1.29 is 0 Å². The van der Waals surface area contributed by atoms with Gasteiger partial charge in [-0.15, -0.1) is 11.3 Å². The highest BCUT2D eigenvalue weighted by molar-refractivity contribution is 7.18. The molecule has 1 unspecified atom stereocenters. The van der Waals surface area contributed by atoms with Crippen molar-refractivity contribution in [1.29, 1.82) is 0 Å². The summed E-state index contributed by atoms with van der Waals surface area (Å²) in [5.74, 6) is 0. The number of nitrogens with zero attached hydrogens (tertiary/aromatic N) is 1. The van der Waals surface area contributed by atoms with Crippen LogP contribution in [0, 0.1) is 0 Å². The number of thiazole rings is 1. The number of aryl methyl sites for hydroxylation is 1. The van der Waals surface area contributed by atoms with E-state index in [-0.39, 0.29) is 0 Å². The van der Waals surface area contributed by atoms with Crippen LogP contribution in [0.3, 0.4) is 0 Å². The molecule has 0 amide bonds. The molecule has 0 fully saturated rings. The number of fused-ring (bicyclic) bond motifs is 1. The Labute approximate surface area is 129 Å². The van der Waals surface area contributed by atoms with E-state index in [9.17, 15) is 0 Å². The van der Waals surface area contributed by atoms with Crippen molar-refractivity contribution in [3.63, 3.8) is 0 Å². The third-order valence-corrected chi connectivity index (χ3v) is 4.73. The fourth-order valence-corrected chi connectivity index (χ4v) is 3.60. The van der Waals surface area contributed by atoms with Crippen molar-refractivity contribution >= 4 is 21.6 Å². The molecular formula is C18H20N2S. The molecule has 21 heavy (non-hydrogen) atoms. The van der Waals surface area contributed by atoms with Crippen LogP contribution in [0.5, 0.6) is 0 Å². The second-order valence-corrected chi connectivity index (χ2v) is 6.25. The number of hydrogen-bond acceptors (Lipinski definition) is 3. The molecule has 3 heteroatoms. The van der Waals surface area contributed by atoms with Crippen molar-refractivity contribution in [3.8, 4) is 0 Å². The van der Waals surface area contributed by atoms with E-state index in [1.807, 2.05) is 11.3 Å². The first-order valence-electron chi connectivity index (χ1n) is 7.49. The summed E-state index contributed by atoms with van der Waals surface area (Å²) in [6, 6.07) is 19.5. The molecular weight excluding hydrogens is 276 g/mol. The van der Waals surface area contributed by atoms with Gasteiger partial charge in [-0.3, -0.25) is 0 Å². The highest BCUT2D eigenvalue weighted by atomic mass is 32.1. The van der Waals surface area contributed by atoms with Crippen LogP contribution in [0.25, 0.3) is 10.2 Å². The monoisotopic (exact) mass is 296 g/mol. The normalized spacial score (nSPS) is 12.6. The summed E-state index contributed by atoms with van der Waals surface area (Å²) in [6.07, 6.45) is 2.10. The Morgan fingerprint density at radius 1 is 1.05 bits per heavy atom. The predicted molar refractivity (Wildman–Crippen MR) is 90.8 cm³/mol. The Morgan fingerprint density at radius 2 is 1.81 bits per heavy atom. The Balaban J connectivity index is 1.71. The topological polar surface area (TPSA) is 24.9 Å². The second kappa shape index (κ2) is 6.83. The van der Waals surface area contributed by atoms with Gasteiger partial charge in [0.15, 0.2) is 0 Å². The van der Waals surface area contributed by atoms with Gasteiger partial charge in [0, 0.05) is 12.5 Å². The molecule has 3 rings (SSSR count). The van der Waals surface area contributed by atoms with E-state index in [0.29, 0.717) is 6.04 Å². The van der Waals surface area contributed by atoms with Crippen molar-refractivity contribution in [2.45, 2.75) is 25.8 Å². The minimum absolute atomic E-state index is 0.406. The number of benzene rings is 2. The van der Waals surface area contributed by atoms with Crippen LogP contribution >= 0.6 is 11.3 Å². The third kappa shape index (κ3) is 3.49. The average molecular weight is 296 g/mol. The van der Waals surface area contributed by atoms with Crippen LogP contribution < -0.4 is 5.32 Å². The zero-order valence-electron chi connectivity index (χ0n) is 12.3. The average Bonchev–Trinajstić information content (AvgIpc) is 2.95. The summed E-state index contributed by atoms with van der Waals surface area (Å²) >= 11 is 1.81. The highest BCUT2D eigenvalue weighted by Crippen LogP contribution is 2.25. The molecule has 1 aromatic heterocycles. The first-order chi connectivity index (χ1) is 10.4. The summed E-state index contributed by atoms with van der Waals surface area (Å²) < 4.78 is 1.28. The van der Waals surface area contributed by atoms with E-state index in [4.69, 9.17) is 4.98 Å². The van der Waals surface area contributed by atoms with Crippen molar-refractivity contribution in [2.24, 2.45) is 0 Å². The van der Waals surface area contributed by atoms with Crippen molar-refractivity contribution in [3.05, 3.63) is 65.2 Å². The van der Waals surface area contributed by atoms with Gasteiger partial charge in [-0.05, 0) is 30.7 Å². The highest BCUT2D eigenvalue weighted by Gasteiger charge is 2.11. The standard InChI is InChI=1S/C18H20N2S/c1-2-19-15(14-8-4-3-5-9-14)12-13-18-20-16-10-6-7-11-17(16)21-18/h3-11,15,19H,2,12-13H2,1H3. The lowest BCUT2D eigenvalue weighted by atomic mass is 10.0. The molecule has 3 aromatic rings. The molecule has 0 saturated carbocycles. The zero-order valence-corrected chi connectivity index (χ0v) is 13.1. The molecule has 0 bridgehead atoms. The maximum atomic E-state index is 4.73. The fraction of sp³-hybridized carbons (Fsp3) is 0.278. The van der Waals surface area contributed by atoms with E-state index in [2.05, 4.69) is 66.8 Å². The van der Waals surface area contributed by atoms with E-state index >= 15 is 0 Å². The van der Waals surface area contributed by atoms with Gasteiger partial charge in [-0.25, -0.2) is 4.98 Å². The Morgan fingerprint density at radius 3 is 2.57 bits per heavy atom. The van der Waals surface area contributed by atoms with Crippen molar-refractivity contribution in [2.75, 3.05) is 6.54 Å². The first-order valence-corrected chi connectivity index (χ1v) is 8.31. The van der Waals surface area contributed by atoms with Gasteiger partial charge >= 0.3 is 0 Å². The number of aromatic nitrogens is 1. The van der Waals surface area contributed by atoms with Crippen LogP contribution in [-0.4, -0.2) is 11.5 Å². The molecule has 0 spiro atoms. The van der Waals surface area contributed by atoms with Gasteiger partial charge in [0.2, 0.25) is 0 Å². The van der Waals surface area contributed by atoms with Gasteiger partial charge in [-0.2, -0.15) is 0 Å². The molecule has 0 saturated heterocycles. The number of nitrogens with one attached hydrogen (secondary N) is 1. The number of rotatable bonds is 6. The smallest absolute Gasteiger partial charge is 0.0939 e. The maximum Gasteiger partial charge on any atom is 0.0939 e. The van der Waals surface area contributed by atoms with E-state index in [1.54, 1.807) is 0 Å². The van der Waals surface area contributed by atoms with Crippen LogP contribution in [0.4, 0.5) is 0 Å². The Bertz CT molecular complexity index is 658. The molecule has 108 valence electrons. The maximum absolute atomic E-state index is 4.73. The number of hydrogen-bond donors (Lipinski definition) is 1.